The van der Waals surface area contributed by atoms with Crippen molar-refractivity contribution in [3.63, 3.8) is 0 Å². The third-order valence-corrected chi connectivity index (χ3v) is 3.63. The van der Waals surface area contributed by atoms with Crippen LogP contribution in [0.5, 0.6) is 0 Å². The van der Waals surface area contributed by atoms with Gasteiger partial charge in [-0.15, -0.1) is 0 Å². The van der Waals surface area contributed by atoms with Crippen molar-refractivity contribution < 1.29 is 0 Å². The number of aryl methyl sites for hydroxylation is 1. The van der Waals surface area contributed by atoms with Crippen molar-refractivity contribution in [2.45, 2.75) is 26.3 Å². The fourth-order valence-corrected chi connectivity index (χ4v) is 2.07. The molecule has 0 saturated heterocycles. The van der Waals surface area contributed by atoms with Crippen LogP contribution in [0.1, 0.15) is 30.5 Å². The molecule has 0 radical (unpaired) electrons. The van der Waals surface area contributed by atoms with Gasteiger partial charge < -0.3 is 11.1 Å². The van der Waals surface area contributed by atoms with E-state index >= 15 is 0 Å². The quantitative estimate of drug-likeness (QED) is 0.624. The molecule has 0 aromatic heterocycles. The number of allylic oxidation sites excluding steroid dienone is 1. The van der Waals surface area contributed by atoms with E-state index in [0.717, 1.165) is 17.4 Å². The summed E-state index contributed by atoms with van der Waals surface area (Å²) in [6.07, 6.45) is 5.27. The van der Waals surface area contributed by atoms with E-state index in [2.05, 4.69) is 58.5 Å². The maximum absolute atomic E-state index is 5.81. The predicted molar refractivity (Wildman–Crippen MR) is 78.1 cm³/mol. The first-order chi connectivity index (χ1) is 8.19. The number of hydrogen-bond acceptors (Lipinski definition) is 2. The molecular formula is C14H21BrN2. The Kier molecular flexibility index (Phi) is 6.48. The van der Waals surface area contributed by atoms with Crippen LogP contribution in [0.15, 0.2) is 34.8 Å². The Morgan fingerprint density at radius 2 is 2.24 bits per heavy atom. The molecule has 0 amide bonds. The second-order valence-electron chi connectivity index (χ2n) is 4.11. The van der Waals surface area contributed by atoms with Crippen LogP contribution in [-0.2, 0) is 0 Å². The number of rotatable bonds is 6. The van der Waals surface area contributed by atoms with Gasteiger partial charge in [0.05, 0.1) is 0 Å². The van der Waals surface area contributed by atoms with E-state index in [1.807, 2.05) is 6.92 Å². The van der Waals surface area contributed by atoms with Crippen LogP contribution in [0.25, 0.3) is 0 Å². The van der Waals surface area contributed by atoms with Crippen molar-refractivity contribution in [2.24, 2.45) is 5.73 Å². The third kappa shape index (κ3) is 4.62. The summed E-state index contributed by atoms with van der Waals surface area (Å²) >= 11 is 3.56. The molecule has 1 unspecified atom stereocenters. The van der Waals surface area contributed by atoms with Gasteiger partial charge in [-0.25, -0.2) is 0 Å². The van der Waals surface area contributed by atoms with Crippen LogP contribution >= 0.6 is 15.9 Å². The maximum atomic E-state index is 5.81. The molecule has 0 aliphatic rings. The zero-order chi connectivity index (χ0) is 12.7. The summed E-state index contributed by atoms with van der Waals surface area (Å²) in [5.41, 5.74) is 8.30. The highest BCUT2D eigenvalue weighted by molar-refractivity contribution is 9.10. The Hall–Kier alpha value is -0.640. The lowest BCUT2D eigenvalue weighted by atomic mass is 10.1. The summed E-state index contributed by atoms with van der Waals surface area (Å²) in [7, 11) is 0. The average Bonchev–Trinajstić information content (AvgIpc) is 2.33. The van der Waals surface area contributed by atoms with Crippen LogP contribution in [-0.4, -0.2) is 13.1 Å². The van der Waals surface area contributed by atoms with Crippen LogP contribution < -0.4 is 11.1 Å². The molecule has 3 heteroatoms. The highest BCUT2D eigenvalue weighted by Gasteiger charge is 2.09. The molecule has 1 rings (SSSR count). The summed E-state index contributed by atoms with van der Waals surface area (Å²) < 4.78 is 1.14. The number of hydrogen-bond donors (Lipinski definition) is 2. The molecule has 17 heavy (non-hydrogen) atoms. The van der Waals surface area contributed by atoms with E-state index in [4.69, 9.17) is 5.73 Å². The van der Waals surface area contributed by atoms with Crippen molar-refractivity contribution in [1.29, 1.82) is 0 Å². The molecule has 94 valence electrons. The summed E-state index contributed by atoms with van der Waals surface area (Å²) in [6.45, 7) is 5.70. The molecule has 0 saturated carbocycles. The van der Waals surface area contributed by atoms with Crippen LogP contribution in [0.4, 0.5) is 0 Å². The summed E-state index contributed by atoms with van der Waals surface area (Å²) in [5, 5.41) is 3.47. The van der Waals surface area contributed by atoms with Crippen molar-refractivity contribution in [2.75, 3.05) is 13.1 Å². The molecule has 0 aliphatic heterocycles. The van der Waals surface area contributed by atoms with Gasteiger partial charge in [0.2, 0.25) is 0 Å². The molecule has 0 bridgehead atoms. The SMILES string of the molecule is C/C=C/CCNC(CN)c1ccc(C)c(Br)c1. The largest absolute Gasteiger partial charge is 0.329 e. The fraction of sp³-hybridized carbons (Fsp3) is 0.429. The van der Waals surface area contributed by atoms with Gasteiger partial charge in [-0.3, -0.25) is 0 Å². The van der Waals surface area contributed by atoms with Gasteiger partial charge in [0.15, 0.2) is 0 Å². The van der Waals surface area contributed by atoms with Gasteiger partial charge in [-0.1, -0.05) is 40.2 Å². The first kappa shape index (κ1) is 14.4. The van der Waals surface area contributed by atoms with E-state index < -0.39 is 0 Å². The smallest absolute Gasteiger partial charge is 0.0445 e. The van der Waals surface area contributed by atoms with Crippen molar-refractivity contribution in [3.8, 4) is 0 Å². The molecule has 1 aromatic carbocycles. The van der Waals surface area contributed by atoms with Crippen molar-refractivity contribution in [1.82, 2.24) is 5.32 Å². The van der Waals surface area contributed by atoms with Crippen LogP contribution in [0.3, 0.4) is 0 Å². The Balaban J connectivity index is 2.62. The minimum Gasteiger partial charge on any atom is -0.329 e. The molecule has 0 heterocycles. The van der Waals surface area contributed by atoms with Gasteiger partial charge in [-0.2, -0.15) is 0 Å². The second kappa shape index (κ2) is 7.64. The first-order valence-corrected chi connectivity index (χ1v) is 6.79. The van der Waals surface area contributed by atoms with Gasteiger partial charge >= 0.3 is 0 Å². The van der Waals surface area contributed by atoms with E-state index in [0.29, 0.717) is 6.54 Å². The van der Waals surface area contributed by atoms with Crippen molar-refractivity contribution >= 4 is 15.9 Å². The number of halogens is 1. The monoisotopic (exact) mass is 296 g/mol. The Labute approximate surface area is 112 Å². The summed E-state index contributed by atoms with van der Waals surface area (Å²) in [5.74, 6) is 0. The van der Waals surface area contributed by atoms with Gasteiger partial charge in [0, 0.05) is 17.1 Å². The van der Waals surface area contributed by atoms with E-state index in [9.17, 15) is 0 Å². The molecule has 3 N–H and O–H groups in total. The number of nitrogens with one attached hydrogen (secondary N) is 1. The normalized spacial score (nSPS) is 13.2. The zero-order valence-electron chi connectivity index (χ0n) is 10.5. The maximum Gasteiger partial charge on any atom is 0.0445 e. The van der Waals surface area contributed by atoms with Crippen LogP contribution in [0, 0.1) is 6.92 Å². The Morgan fingerprint density at radius 3 is 2.82 bits per heavy atom. The summed E-state index contributed by atoms with van der Waals surface area (Å²) in [4.78, 5) is 0. The van der Waals surface area contributed by atoms with Gasteiger partial charge in [0.25, 0.3) is 0 Å². The highest BCUT2D eigenvalue weighted by Crippen LogP contribution is 2.21. The molecule has 0 fully saturated rings. The lowest BCUT2D eigenvalue weighted by molar-refractivity contribution is 0.548. The Bertz CT molecular complexity index is 374. The Morgan fingerprint density at radius 1 is 1.47 bits per heavy atom. The molecule has 1 atom stereocenters. The van der Waals surface area contributed by atoms with E-state index in [1.54, 1.807) is 0 Å². The minimum atomic E-state index is 0.233. The molecule has 0 spiro atoms. The standard InChI is InChI=1S/C14H21BrN2/c1-3-4-5-8-17-14(10-16)12-7-6-11(2)13(15)9-12/h3-4,6-7,9,14,17H,5,8,10,16H2,1-2H3/b4-3+. The first-order valence-electron chi connectivity index (χ1n) is 5.99. The second-order valence-corrected chi connectivity index (χ2v) is 4.96. The molecular weight excluding hydrogens is 276 g/mol. The third-order valence-electron chi connectivity index (χ3n) is 2.77. The molecule has 0 aliphatic carbocycles. The number of benzene rings is 1. The van der Waals surface area contributed by atoms with E-state index in [1.165, 1.54) is 11.1 Å². The zero-order valence-corrected chi connectivity index (χ0v) is 12.1. The van der Waals surface area contributed by atoms with Gasteiger partial charge in [0.1, 0.15) is 0 Å². The van der Waals surface area contributed by atoms with Gasteiger partial charge in [-0.05, 0) is 44.0 Å². The minimum absolute atomic E-state index is 0.233. The predicted octanol–water partition coefficient (Wildman–Crippen LogP) is 3.31. The number of nitrogens with two attached hydrogens (primary N) is 1. The molecule has 2 nitrogen and oxygen atoms in total. The average molecular weight is 297 g/mol. The fourth-order valence-electron chi connectivity index (χ4n) is 1.67. The van der Waals surface area contributed by atoms with E-state index in [-0.39, 0.29) is 6.04 Å². The highest BCUT2D eigenvalue weighted by atomic mass is 79.9. The topological polar surface area (TPSA) is 38.0 Å². The lowest BCUT2D eigenvalue weighted by Gasteiger charge is -2.17. The van der Waals surface area contributed by atoms with Crippen molar-refractivity contribution in [3.05, 3.63) is 46.0 Å². The van der Waals surface area contributed by atoms with Crippen LogP contribution in [0.2, 0.25) is 0 Å². The summed E-state index contributed by atoms with van der Waals surface area (Å²) in [6, 6.07) is 6.64. The molecule has 1 aromatic rings. The lowest BCUT2D eigenvalue weighted by Crippen LogP contribution is -2.28.